The molecule has 5 heteroatoms. The zero-order chi connectivity index (χ0) is 15.4. The van der Waals surface area contributed by atoms with Gasteiger partial charge in [-0.2, -0.15) is 0 Å². The van der Waals surface area contributed by atoms with Crippen molar-refractivity contribution in [3.05, 3.63) is 27.7 Å². The lowest BCUT2D eigenvalue weighted by Crippen LogP contribution is -2.35. The van der Waals surface area contributed by atoms with Crippen LogP contribution in [-0.4, -0.2) is 41.4 Å². The van der Waals surface area contributed by atoms with Crippen LogP contribution in [0.4, 0.5) is 0 Å². The van der Waals surface area contributed by atoms with Crippen molar-refractivity contribution in [2.75, 3.05) is 26.8 Å². The van der Waals surface area contributed by atoms with Gasteiger partial charge in [0.15, 0.2) is 5.75 Å². The molecule has 0 aromatic carbocycles. The summed E-state index contributed by atoms with van der Waals surface area (Å²) in [7, 11) is 1.66. The number of hydrogen-bond donors (Lipinski definition) is 1. The average Bonchev–Trinajstić information content (AvgIpc) is 2.44. The molecular weight excluding hydrogens is 268 g/mol. The van der Waals surface area contributed by atoms with Gasteiger partial charge in [-0.1, -0.05) is 6.92 Å². The van der Waals surface area contributed by atoms with Crippen molar-refractivity contribution in [3.63, 3.8) is 0 Å². The second-order valence-corrected chi connectivity index (χ2v) is 6.07. The Bertz CT molecular complexity index is 539. The minimum absolute atomic E-state index is 0.116. The Morgan fingerprint density at radius 3 is 2.90 bits per heavy atom. The van der Waals surface area contributed by atoms with Crippen LogP contribution in [0.25, 0.3) is 0 Å². The van der Waals surface area contributed by atoms with Gasteiger partial charge in [0.1, 0.15) is 0 Å². The first kappa shape index (κ1) is 16.0. The summed E-state index contributed by atoms with van der Waals surface area (Å²) in [4.78, 5) is 14.2. The molecule has 118 valence electrons. The third-order valence-electron chi connectivity index (χ3n) is 4.23. The Hall–Kier alpha value is -1.33. The van der Waals surface area contributed by atoms with E-state index in [9.17, 15) is 9.90 Å². The molecule has 0 saturated carbocycles. The van der Waals surface area contributed by atoms with Gasteiger partial charge >= 0.3 is 0 Å². The molecule has 1 aromatic heterocycles. The normalized spacial score (nSPS) is 19.9. The maximum Gasteiger partial charge on any atom is 0.223 e. The van der Waals surface area contributed by atoms with Crippen molar-refractivity contribution in [1.29, 1.82) is 0 Å². The van der Waals surface area contributed by atoms with Gasteiger partial charge in [-0.3, -0.25) is 9.69 Å². The van der Waals surface area contributed by atoms with Crippen LogP contribution in [0.1, 0.15) is 31.2 Å². The standard InChI is InChI=1S/C16H26N2O3/c1-12-5-4-6-17(10-12)11-14-16(20)15(19)9-13(2)18(14)7-8-21-3/h9,12,20H,4-8,10-11H2,1-3H3. The van der Waals surface area contributed by atoms with E-state index in [1.54, 1.807) is 7.11 Å². The minimum Gasteiger partial charge on any atom is -0.503 e. The van der Waals surface area contributed by atoms with E-state index in [1.807, 2.05) is 11.5 Å². The first-order valence-electron chi connectivity index (χ1n) is 7.66. The number of aromatic hydroxyl groups is 1. The topological polar surface area (TPSA) is 54.7 Å². The van der Waals surface area contributed by atoms with Crippen LogP contribution in [0.2, 0.25) is 0 Å². The number of ether oxygens (including phenoxy) is 1. The fourth-order valence-corrected chi connectivity index (χ4v) is 3.12. The molecule has 1 fully saturated rings. The van der Waals surface area contributed by atoms with Crippen LogP contribution >= 0.6 is 0 Å². The highest BCUT2D eigenvalue weighted by atomic mass is 16.5. The monoisotopic (exact) mass is 294 g/mol. The van der Waals surface area contributed by atoms with Gasteiger partial charge in [0, 0.05) is 38.5 Å². The second kappa shape index (κ2) is 7.09. The Morgan fingerprint density at radius 2 is 2.24 bits per heavy atom. The van der Waals surface area contributed by atoms with Crippen LogP contribution in [0.5, 0.6) is 5.75 Å². The van der Waals surface area contributed by atoms with Crippen LogP contribution in [0.15, 0.2) is 10.9 Å². The first-order chi connectivity index (χ1) is 10.0. The minimum atomic E-state index is -0.291. The molecule has 1 unspecified atom stereocenters. The zero-order valence-electron chi connectivity index (χ0n) is 13.3. The third kappa shape index (κ3) is 3.86. The molecule has 2 heterocycles. The van der Waals surface area contributed by atoms with E-state index in [-0.39, 0.29) is 11.2 Å². The molecule has 0 amide bonds. The lowest BCUT2D eigenvalue weighted by atomic mass is 10.00. The summed E-state index contributed by atoms with van der Waals surface area (Å²) < 4.78 is 7.14. The highest BCUT2D eigenvalue weighted by molar-refractivity contribution is 5.29. The van der Waals surface area contributed by atoms with Gasteiger partial charge in [0.2, 0.25) is 5.43 Å². The molecule has 1 aliphatic rings. The number of aryl methyl sites for hydroxylation is 1. The molecule has 1 aromatic rings. The third-order valence-corrected chi connectivity index (χ3v) is 4.23. The first-order valence-corrected chi connectivity index (χ1v) is 7.66. The average molecular weight is 294 g/mol. The Labute approximate surface area is 126 Å². The molecule has 5 nitrogen and oxygen atoms in total. The number of rotatable bonds is 5. The highest BCUT2D eigenvalue weighted by Crippen LogP contribution is 2.21. The van der Waals surface area contributed by atoms with E-state index in [4.69, 9.17) is 4.74 Å². The number of methoxy groups -OCH3 is 1. The van der Waals surface area contributed by atoms with Crippen LogP contribution in [-0.2, 0) is 17.8 Å². The van der Waals surface area contributed by atoms with Gasteiger partial charge < -0.3 is 14.4 Å². The maximum atomic E-state index is 11.9. The summed E-state index contributed by atoms with van der Waals surface area (Å²) in [6, 6.07) is 1.49. The number of hydrogen-bond acceptors (Lipinski definition) is 4. The molecule has 2 rings (SSSR count). The van der Waals surface area contributed by atoms with E-state index < -0.39 is 0 Å². The van der Waals surface area contributed by atoms with Gasteiger partial charge in [0.25, 0.3) is 0 Å². The van der Waals surface area contributed by atoms with Crippen LogP contribution in [0, 0.1) is 12.8 Å². The van der Waals surface area contributed by atoms with Crippen molar-refractivity contribution >= 4 is 0 Å². The van der Waals surface area contributed by atoms with Crippen molar-refractivity contribution in [1.82, 2.24) is 9.47 Å². The van der Waals surface area contributed by atoms with Crippen molar-refractivity contribution < 1.29 is 9.84 Å². The van der Waals surface area contributed by atoms with Crippen LogP contribution < -0.4 is 5.43 Å². The summed E-state index contributed by atoms with van der Waals surface area (Å²) in [5, 5.41) is 10.2. The second-order valence-electron chi connectivity index (χ2n) is 6.07. The number of pyridine rings is 1. The van der Waals surface area contributed by atoms with E-state index >= 15 is 0 Å². The predicted octanol–water partition coefficient (Wildman–Crippen LogP) is 1.74. The zero-order valence-corrected chi connectivity index (χ0v) is 13.3. The summed E-state index contributed by atoms with van der Waals surface area (Å²) in [6.07, 6.45) is 2.43. The quantitative estimate of drug-likeness (QED) is 0.899. The number of nitrogens with zero attached hydrogens (tertiary/aromatic N) is 2. The molecule has 0 spiro atoms. The van der Waals surface area contributed by atoms with Gasteiger partial charge in [0.05, 0.1) is 12.3 Å². The van der Waals surface area contributed by atoms with Gasteiger partial charge in [-0.25, -0.2) is 0 Å². The number of likely N-dealkylation sites (tertiary alicyclic amines) is 1. The van der Waals surface area contributed by atoms with Gasteiger partial charge in [-0.05, 0) is 32.2 Å². The summed E-state index contributed by atoms with van der Waals surface area (Å²) in [5.74, 6) is 0.555. The van der Waals surface area contributed by atoms with Crippen molar-refractivity contribution in [2.24, 2.45) is 5.92 Å². The predicted molar refractivity (Wildman–Crippen MR) is 82.7 cm³/mol. The molecule has 1 saturated heterocycles. The molecule has 1 N–H and O–H groups in total. The largest absolute Gasteiger partial charge is 0.503 e. The van der Waals surface area contributed by atoms with Gasteiger partial charge in [-0.15, -0.1) is 0 Å². The Balaban J connectivity index is 2.28. The Kier molecular flexibility index (Phi) is 5.42. The summed E-state index contributed by atoms with van der Waals surface area (Å²) >= 11 is 0. The SMILES string of the molecule is COCCn1c(C)cc(=O)c(O)c1CN1CCCC(C)C1. The fourth-order valence-electron chi connectivity index (χ4n) is 3.12. The van der Waals surface area contributed by atoms with E-state index in [1.165, 1.54) is 18.9 Å². The molecule has 0 bridgehead atoms. The van der Waals surface area contributed by atoms with Crippen molar-refractivity contribution in [3.8, 4) is 5.75 Å². The van der Waals surface area contributed by atoms with E-state index in [2.05, 4.69) is 11.8 Å². The smallest absolute Gasteiger partial charge is 0.223 e. The Morgan fingerprint density at radius 1 is 1.48 bits per heavy atom. The molecule has 0 radical (unpaired) electrons. The summed E-state index contributed by atoms with van der Waals surface area (Å²) in [5.41, 5.74) is 1.29. The van der Waals surface area contributed by atoms with Crippen LogP contribution in [0.3, 0.4) is 0 Å². The molecule has 1 atom stereocenters. The highest BCUT2D eigenvalue weighted by Gasteiger charge is 2.20. The molecular formula is C16H26N2O3. The lowest BCUT2D eigenvalue weighted by Gasteiger charge is -2.32. The van der Waals surface area contributed by atoms with Crippen molar-refractivity contribution in [2.45, 2.75) is 39.8 Å². The number of aromatic nitrogens is 1. The maximum absolute atomic E-state index is 11.9. The molecule has 1 aliphatic heterocycles. The molecule has 21 heavy (non-hydrogen) atoms. The number of piperidine rings is 1. The van der Waals surface area contributed by atoms with E-state index in [0.717, 1.165) is 18.8 Å². The summed E-state index contributed by atoms with van der Waals surface area (Å²) in [6.45, 7) is 8.03. The molecule has 0 aliphatic carbocycles. The fraction of sp³-hybridized carbons (Fsp3) is 0.688. The lowest BCUT2D eigenvalue weighted by molar-refractivity contribution is 0.163. The van der Waals surface area contributed by atoms with E-state index in [0.29, 0.717) is 31.3 Å².